The number of likely N-dealkylation sites (tertiary alicyclic amines) is 1. The van der Waals surface area contributed by atoms with Crippen molar-refractivity contribution >= 4 is 5.91 Å². The summed E-state index contributed by atoms with van der Waals surface area (Å²) in [6.45, 7) is 4.04. The van der Waals surface area contributed by atoms with Gasteiger partial charge in [0.2, 0.25) is 5.89 Å². The Balaban J connectivity index is 1.33. The lowest BCUT2D eigenvalue weighted by Crippen LogP contribution is -2.30. The molecule has 2 aromatic heterocycles. The van der Waals surface area contributed by atoms with Gasteiger partial charge in [-0.1, -0.05) is 18.0 Å². The highest BCUT2D eigenvalue weighted by Gasteiger charge is 2.34. The van der Waals surface area contributed by atoms with Crippen molar-refractivity contribution in [3.63, 3.8) is 0 Å². The third kappa shape index (κ3) is 4.41. The number of hydrogen-bond donors (Lipinski definition) is 0. The van der Waals surface area contributed by atoms with Gasteiger partial charge in [0.05, 0.1) is 12.2 Å². The van der Waals surface area contributed by atoms with Crippen LogP contribution in [0, 0.1) is 12.8 Å². The Labute approximate surface area is 165 Å². The molecule has 0 N–H and O–H groups in total. The maximum Gasteiger partial charge on any atom is 0.256 e. The summed E-state index contributed by atoms with van der Waals surface area (Å²) in [6.07, 6.45) is 9.27. The van der Waals surface area contributed by atoms with Crippen LogP contribution in [0.5, 0.6) is 0 Å². The highest BCUT2D eigenvalue weighted by Crippen LogP contribution is 2.32. The number of aryl methyl sites for hydroxylation is 1. The highest BCUT2D eigenvalue weighted by molar-refractivity contribution is 5.94. The second-order valence-electron chi connectivity index (χ2n) is 7.87. The van der Waals surface area contributed by atoms with Crippen molar-refractivity contribution in [2.75, 3.05) is 19.8 Å². The topological polar surface area (TPSA) is 81.4 Å². The first-order chi connectivity index (χ1) is 13.7. The van der Waals surface area contributed by atoms with E-state index in [1.165, 1.54) is 25.7 Å². The fourth-order valence-electron chi connectivity index (χ4n) is 4.12. The van der Waals surface area contributed by atoms with Gasteiger partial charge in [0.25, 0.3) is 5.91 Å². The molecule has 150 valence electrons. The standard InChI is InChI=1S/C21H28N4O3/c1-15-8-9-17(13-22-15)21(26)25-11-4-7-18(25)20-23-19(24-28-20)10-12-27-14-16-5-2-3-6-16/h8-9,13,16,18H,2-7,10-12,14H2,1H3. The molecule has 1 aliphatic carbocycles. The molecule has 7 heteroatoms. The molecule has 4 rings (SSSR count). The van der Waals surface area contributed by atoms with Crippen LogP contribution in [0.25, 0.3) is 0 Å². The maximum atomic E-state index is 12.9. The fraction of sp³-hybridized carbons (Fsp3) is 0.619. The van der Waals surface area contributed by atoms with Crippen molar-refractivity contribution in [2.45, 2.75) is 57.9 Å². The second-order valence-corrected chi connectivity index (χ2v) is 7.87. The number of amides is 1. The maximum absolute atomic E-state index is 12.9. The largest absolute Gasteiger partial charge is 0.381 e. The number of rotatable bonds is 7. The van der Waals surface area contributed by atoms with Gasteiger partial charge in [-0.3, -0.25) is 9.78 Å². The molecule has 1 amide bonds. The first-order valence-corrected chi connectivity index (χ1v) is 10.3. The Kier molecular flexibility index (Phi) is 6.00. The predicted octanol–water partition coefficient (Wildman–Crippen LogP) is 3.50. The van der Waals surface area contributed by atoms with Gasteiger partial charge in [-0.15, -0.1) is 0 Å². The number of carbonyl (C=O) groups is 1. The number of pyridine rings is 1. The normalized spacial score (nSPS) is 20.2. The molecular weight excluding hydrogens is 356 g/mol. The van der Waals surface area contributed by atoms with Gasteiger partial charge in [0, 0.05) is 31.5 Å². The Hall–Kier alpha value is -2.28. The van der Waals surface area contributed by atoms with Crippen LogP contribution in [0.3, 0.4) is 0 Å². The summed E-state index contributed by atoms with van der Waals surface area (Å²) >= 11 is 0. The van der Waals surface area contributed by atoms with Gasteiger partial charge in [0.1, 0.15) is 6.04 Å². The smallest absolute Gasteiger partial charge is 0.256 e. The number of carbonyl (C=O) groups excluding carboxylic acids is 1. The van der Waals surface area contributed by atoms with Gasteiger partial charge in [-0.25, -0.2) is 0 Å². The second kappa shape index (κ2) is 8.82. The van der Waals surface area contributed by atoms with E-state index in [4.69, 9.17) is 9.26 Å². The molecule has 1 saturated heterocycles. The van der Waals surface area contributed by atoms with E-state index in [1.807, 2.05) is 24.0 Å². The van der Waals surface area contributed by atoms with Crippen LogP contribution in [0.2, 0.25) is 0 Å². The van der Waals surface area contributed by atoms with Crippen molar-refractivity contribution in [3.05, 3.63) is 41.3 Å². The molecule has 2 aliphatic rings. The van der Waals surface area contributed by atoms with Gasteiger partial charge < -0.3 is 14.2 Å². The van der Waals surface area contributed by atoms with Crippen molar-refractivity contribution in [3.8, 4) is 0 Å². The Bertz CT molecular complexity index is 783. The van der Waals surface area contributed by atoms with Gasteiger partial charge in [-0.2, -0.15) is 4.98 Å². The van der Waals surface area contributed by atoms with E-state index in [0.717, 1.165) is 31.1 Å². The van der Waals surface area contributed by atoms with Crippen LogP contribution >= 0.6 is 0 Å². The summed E-state index contributed by atoms with van der Waals surface area (Å²) in [7, 11) is 0. The van der Waals surface area contributed by atoms with Crippen LogP contribution in [0.15, 0.2) is 22.9 Å². The van der Waals surface area contributed by atoms with E-state index in [9.17, 15) is 4.79 Å². The van der Waals surface area contributed by atoms with Crippen LogP contribution in [0.4, 0.5) is 0 Å². The van der Waals surface area contributed by atoms with E-state index in [-0.39, 0.29) is 11.9 Å². The summed E-state index contributed by atoms with van der Waals surface area (Å²) in [5, 5.41) is 4.09. The summed E-state index contributed by atoms with van der Waals surface area (Å²) in [5.74, 6) is 1.86. The summed E-state index contributed by atoms with van der Waals surface area (Å²) in [6, 6.07) is 3.52. The molecule has 1 saturated carbocycles. The van der Waals surface area contributed by atoms with Crippen molar-refractivity contribution in [1.82, 2.24) is 20.0 Å². The Morgan fingerprint density at radius 3 is 2.89 bits per heavy atom. The molecular formula is C21H28N4O3. The molecule has 7 nitrogen and oxygen atoms in total. The molecule has 1 unspecified atom stereocenters. The van der Waals surface area contributed by atoms with Gasteiger partial charge in [-0.05, 0) is 50.7 Å². The van der Waals surface area contributed by atoms with E-state index >= 15 is 0 Å². The van der Waals surface area contributed by atoms with E-state index in [2.05, 4.69) is 15.1 Å². The molecule has 28 heavy (non-hydrogen) atoms. The van der Waals surface area contributed by atoms with Crippen LogP contribution in [-0.4, -0.2) is 45.7 Å². The molecule has 2 fully saturated rings. The van der Waals surface area contributed by atoms with Crippen LogP contribution in [0.1, 0.15) is 72.3 Å². The minimum Gasteiger partial charge on any atom is -0.381 e. The summed E-state index contributed by atoms with van der Waals surface area (Å²) < 4.78 is 11.3. The number of aromatic nitrogens is 3. The van der Waals surface area contributed by atoms with Gasteiger partial charge >= 0.3 is 0 Å². The fourth-order valence-corrected chi connectivity index (χ4v) is 4.12. The third-order valence-corrected chi connectivity index (χ3v) is 5.74. The molecule has 0 spiro atoms. The number of nitrogens with zero attached hydrogens (tertiary/aromatic N) is 4. The number of ether oxygens (including phenoxy) is 1. The van der Waals surface area contributed by atoms with Crippen LogP contribution < -0.4 is 0 Å². The zero-order valence-corrected chi connectivity index (χ0v) is 16.5. The lowest BCUT2D eigenvalue weighted by molar-refractivity contribution is 0.0709. The van der Waals surface area contributed by atoms with E-state index < -0.39 is 0 Å². The minimum atomic E-state index is -0.158. The molecule has 2 aromatic rings. The average molecular weight is 384 g/mol. The van der Waals surface area contributed by atoms with E-state index in [0.29, 0.717) is 36.9 Å². The molecule has 1 aliphatic heterocycles. The quantitative estimate of drug-likeness (QED) is 0.680. The molecule has 0 bridgehead atoms. The molecule has 0 aromatic carbocycles. The first-order valence-electron chi connectivity index (χ1n) is 10.3. The predicted molar refractivity (Wildman–Crippen MR) is 103 cm³/mol. The zero-order chi connectivity index (χ0) is 19.3. The minimum absolute atomic E-state index is 0.0327. The average Bonchev–Trinajstić information content (AvgIpc) is 3.46. The molecule has 1 atom stereocenters. The lowest BCUT2D eigenvalue weighted by atomic mass is 10.1. The van der Waals surface area contributed by atoms with Crippen molar-refractivity contribution in [2.24, 2.45) is 5.92 Å². The Morgan fingerprint density at radius 2 is 2.11 bits per heavy atom. The summed E-state index contributed by atoms with van der Waals surface area (Å²) in [5.41, 5.74) is 1.49. The van der Waals surface area contributed by atoms with Gasteiger partial charge in [0.15, 0.2) is 5.82 Å². The Morgan fingerprint density at radius 1 is 1.25 bits per heavy atom. The third-order valence-electron chi connectivity index (χ3n) is 5.74. The lowest BCUT2D eigenvalue weighted by Gasteiger charge is -2.21. The monoisotopic (exact) mass is 384 g/mol. The SMILES string of the molecule is Cc1ccc(C(=O)N2CCCC2c2nc(CCOCC3CCCC3)no2)cn1. The molecule has 0 radical (unpaired) electrons. The first kappa shape index (κ1) is 19.1. The highest BCUT2D eigenvalue weighted by atomic mass is 16.5. The van der Waals surface area contributed by atoms with Crippen molar-refractivity contribution < 1.29 is 14.1 Å². The van der Waals surface area contributed by atoms with Crippen molar-refractivity contribution in [1.29, 1.82) is 0 Å². The number of hydrogen-bond acceptors (Lipinski definition) is 6. The molecule has 3 heterocycles. The summed E-state index contributed by atoms with van der Waals surface area (Å²) in [4.78, 5) is 23.4. The van der Waals surface area contributed by atoms with Crippen LogP contribution in [-0.2, 0) is 11.2 Å². The van der Waals surface area contributed by atoms with E-state index in [1.54, 1.807) is 6.20 Å². The zero-order valence-electron chi connectivity index (χ0n) is 16.5.